The summed E-state index contributed by atoms with van der Waals surface area (Å²) in [5, 5.41) is 11.1. The molecule has 0 spiro atoms. The number of hydrogen-bond donors (Lipinski definition) is 2. The average Bonchev–Trinajstić information content (AvgIpc) is 2.83. The molecule has 3 aromatic carbocycles. The summed E-state index contributed by atoms with van der Waals surface area (Å²) < 4.78 is 14.0. The third kappa shape index (κ3) is 3.71. The Morgan fingerprint density at radius 2 is 1.91 bits per heavy atom. The zero-order valence-corrected chi connectivity index (χ0v) is 17.7. The second-order valence-electron chi connectivity index (χ2n) is 8.28. The van der Waals surface area contributed by atoms with Crippen molar-refractivity contribution in [1.82, 2.24) is 5.32 Å². The van der Waals surface area contributed by atoms with Crippen LogP contribution in [0, 0.1) is 16.3 Å². The summed E-state index contributed by atoms with van der Waals surface area (Å²) in [5.41, 5.74) is 4.49. The van der Waals surface area contributed by atoms with Crippen LogP contribution in [0.25, 0.3) is 12.2 Å². The van der Waals surface area contributed by atoms with Gasteiger partial charge in [-0.3, -0.25) is 4.79 Å². The molecule has 0 atom stereocenters. The van der Waals surface area contributed by atoms with Crippen LogP contribution in [0.15, 0.2) is 53.6 Å². The van der Waals surface area contributed by atoms with Gasteiger partial charge in [0.2, 0.25) is 0 Å². The molecule has 5 rings (SSSR count). The molecule has 0 bridgehead atoms. The molecule has 0 saturated carbocycles. The number of amides is 1. The fourth-order valence-electron chi connectivity index (χ4n) is 4.70. The molecule has 2 aliphatic rings. The molecule has 160 valence electrons. The van der Waals surface area contributed by atoms with Crippen LogP contribution in [-0.4, -0.2) is 12.1 Å². The number of fused-ring (bicyclic) bond motifs is 4. The minimum Gasteiger partial charge on any atom is -0.348 e. The molecule has 32 heavy (non-hydrogen) atoms. The minimum atomic E-state index is -0.423. The molecule has 4 nitrogen and oxygen atoms in total. The van der Waals surface area contributed by atoms with Crippen LogP contribution in [-0.2, 0) is 19.4 Å². The number of nitrogens with zero attached hydrogens (tertiary/aromatic N) is 1. The molecular weight excluding hydrogens is 401 g/mol. The van der Waals surface area contributed by atoms with E-state index in [2.05, 4.69) is 34.7 Å². The van der Waals surface area contributed by atoms with Gasteiger partial charge in [0, 0.05) is 17.7 Å². The number of benzene rings is 3. The fraction of sp³-hybridized carbons (Fsp3) is 0.185. The Morgan fingerprint density at radius 1 is 1.03 bits per heavy atom. The van der Waals surface area contributed by atoms with Gasteiger partial charge in [-0.25, -0.2) is 4.39 Å². The molecule has 0 radical (unpaired) electrons. The monoisotopic (exact) mass is 425 g/mol. The van der Waals surface area contributed by atoms with E-state index >= 15 is 0 Å². The number of hydrazone groups is 1. The van der Waals surface area contributed by atoms with Gasteiger partial charge in [0.05, 0.1) is 6.21 Å². The van der Waals surface area contributed by atoms with Crippen molar-refractivity contribution in [1.29, 1.82) is 0 Å². The van der Waals surface area contributed by atoms with Crippen LogP contribution < -0.4 is 21.6 Å². The smallest absolute Gasteiger partial charge is 0.251 e. The van der Waals surface area contributed by atoms with E-state index in [1.807, 2.05) is 18.2 Å². The van der Waals surface area contributed by atoms with Gasteiger partial charge in [-0.05, 0) is 81.4 Å². The lowest BCUT2D eigenvalue weighted by molar-refractivity contribution is 0.0950. The summed E-state index contributed by atoms with van der Waals surface area (Å²) in [5.74, 6) is 4.47. The molecule has 0 aromatic heterocycles. The highest BCUT2D eigenvalue weighted by Gasteiger charge is 2.13. The average molecular weight is 426 g/mol. The van der Waals surface area contributed by atoms with E-state index in [1.54, 1.807) is 12.1 Å². The Morgan fingerprint density at radius 3 is 2.75 bits per heavy atom. The third-order valence-corrected chi connectivity index (χ3v) is 6.32. The molecule has 2 aliphatic carbocycles. The van der Waals surface area contributed by atoms with E-state index in [-0.39, 0.29) is 12.5 Å². The van der Waals surface area contributed by atoms with E-state index in [9.17, 15) is 9.18 Å². The van der Waals surface area contributed by atoms with E-state index in [1.165, 1.54) is 45.5 Å². The van der Waals surface area contributed by atoms with Crippen LogP contribution in [0.1, 0.15) is 45.5 Å². The normalized spacial score (nSPS) is 14.0. The van der Waals surface area contributed by atoms with Gasteiger partial charge in [-0.15, -0.1) is 0 Å². The molecule has 5 heteroatoms. The molecule has 0 fully saturated rings. The third-order valence-electron chi connectivity index (χ3n) is 6.32. The van der Waals surface area contributed by atoms with E-state index in [0.717, 1.165) is 24.5 Å². The van der Waals surface area contributed by atoms with Gasteiger partial charge in [0.25, 0.3) is 5.91 Å². The lowest BCUT2D eigenvalue weighted by atomic mass is 9.88. The Bertz CT molecular complexity index is 1470. The summed E-state index contributed by atoms with van der Waals surface area (Å²) in [7, 11) is 0. The second-order valence-corrected chi connectivity index (χ2v) is 8.28. The van der Waals surface area contributed by atoms with Crippen molar-refractivity contribution in [3.05, 3.63) is 103 Å². The van der Waals surface area contributed by atoms with Crippen LogP contribution in [0.2, 0.25) is 0 Å². The maximum absolute atomic E-state index is 14.0. The van der Waals surface area contributed by atoms with Gasteiger partial charge < -0.3 is 11.2 Å². The van der Waals surface area contributed by atoms with Crippen LogP contribution in [0.4, 0.5) is 4.39 Å². The molecule has 0 aliphatic heterocycles. The summed E-state index contributed by atoms with van der Waals surface area (Å²) >= 11 is 0. The van der Waals surface area contributed by atoms with Crippen molar-refractivity contribution in [3.8, 4) is 0 Å². The number of nitrogens with two attached hydrogens (primary N) is 1. The molecule has 3 aromatic rings. The van der Waals surface area contributed by atoms with Gasteiger partial charge in [-0.1, -0.05) is 42.5 Å². The summed E-state index contributed by atoms with van der Waals surface area (Å²) in [6.45, 7) is 0.238. The van der Waals surface area contributed by atoms with Crippen molar-refractivity contribution >= 4 is 24.3 Å². The first-order chi connectivity index (χ1) is 15.6. The van der Waals surface area contributed by atoms with Gasteiger partial charge in [0.15, 0.2) is 0 Å². The number of rotatable bonds is 4. The maximum atomic E-state index is 14.0. The summed E-state index contributed by atoms with van der Waals surface area (Å²) in [6, 6.07) is 15.0. The lowest BCUT2D eigenvalue weighted by Crippen LogP contribution is -2.25. The van der Waals surface area contributed by atoms with Gasteiger partial charge >= 0.3 is 0 Å². The molecule has 0 heterocycles. The summed E-state index contributed by atoms with van der Waals surface area (Å²) in [4.78, 5) is 12.7. The number of carbonyl (C=O) groups excluding carboxylic acids is 1. The van der Waals surface area contributed by atoms with E-state index in [0.29, 0.717) is 16.7 Å². The fourth-order valence-corrected chi connectivity index (χ4v) is 4.70. The van der Waals surface area contributed by atoms with Crippen LogP contribution in [0.3, 0.4) is 0 Å². The predicted molar refractivity (Wildman–Crippen MR) is 125 cm³/mol. The van der Waals surface area contributed by atoms with Crippen molar-refractivity contribution < 1.29 is 9.18 Å². The highest BCUT2D eigenvalue weighted by atomic mass is 19.1. The first kappa shape index (κ1) is 20.2. The quantitative estimate of drug-likeness (QED) is 0.384. The van der Waals surface area contributed by atoms with Crippen molar-refractivity contribution in [2.24, 2.45) is 10.9 Å². The van der Waals surface area contributed by atoms with Gasteiger partial charge in [-0.2, -0.15) is 5.10 Å². The van der Waals surface area contributed by atoms with Crippen LogP contribution >= 0.6 is 0 Å². The first-order valence-electron chi connectivity index (χ1n) is 10.9. The number of nitrogens with one attached hydrogen (secondary N) is 1. The topological polar surface area (TPSA) is 67.5 Å². The van der Waals surface area contributed by atoms with E-state index < -0.39 is 5.82 Å². The highest BCUT2D eigenvalue weighted by Crippen LogP contribution is 2.18. The molecular formula is C27H24FN3O. The molecule has 3 N–H and O–H groups in total. The zero-order chi connectivity index (χ0) is 22.1. The minimum absolute atomic E-state index is 0.181. The maximum Gasteiger partial charge on any atom is 0.251 e. The Balaban J connectivity index is 1.42. The Kier molecular flexibility index (Phi) is 5.31. The molecule has 1 amide bonds. The van der Waals surface area contributed by atoms with Crippen molar-refractivity contribution in [2.45, 2.75) is 32.2 Å². The zero-order valence-electron chi connectivity index (χ0n) is 17.7. The largest absolute Gasteiger partial charge is 0.348 e. The number of halogens is 1. The number of hydrogen-bond acceptors (Lipinski definition) is 3. The Hall–Kier alpha value is -3.73. The number of carbonyl (C=O) groups is 1. The predicted octanol–water partition coefficient (Wildman–Crippen LogP) is 2.79. The molecule has 0 unspecified atom stereocenters. The van der Waals surface area contributed by atoms with Crippen molar-refractivity contribution in [3.63, 3.8) is 0 Å². The SMILES string of the molecule is NN=Cc1ccc(CNC(=O)c2ccc3c(c2)=CCc2c4c(ccc2=3)=CCCC4)cc1F. The standard InChI is InChI=1S/C27H24FN3O/c28-26-13-17(5-6-21(26)16-31-29)15-30-27(32)20-9-10-23-19(14-20)8-12-24-22-4-2-1-3-18(22)7-11-25(23)24/h3,5-11,13-14,16H,1-2,4,12,15,29H2,(H,30,32). The van der Waals surface area contributed by atoms with E-state index in [4.69, 9.17) is 5.84 Å². The van der Waals surface area contributed by atoms with Crippen molar-refractivity contribution in [2.75, 3.05) is 0 Å². The second kappa shape index (κ2) is 8.42. The Labute approximate surface area is 185 Å². The van der Waals surface area contributed by atoms with Gasteiger partial charge in [0.1, 0.15) is 5.82 Å². The molecule has 0 saturated heterocycles. The highest BCUT2D eigenvalue weighted by molar-refractivity contribution is 5.94. The van der Waals surface area contributed by atoms with Crippen LogP contribution in [0.5, 0.6) is 0 Å². The summed E-state index contributed by atoms with van der Waals surface area (Å²) in [6.07, 6.45) is 10.2. The first-order valence-corrected chi connectivity index (χ1v) is 10.9. The lowest BCUT2D eigenvalue weighted by Gasteiger charge is -2.16.